The van der Waals surface area contributed by atoms with Crippen LogP contribution < -0.4 is 15.4 Å². The lowest BCUT2D eigenvalue weighted by molar-refractivity contribution is -0.139. The number of hydrogen-bond acceptors (Lipinski definition) is 4. The largest absolute Gasteiger partial charge is 0.497 e. The molecule has 0 aliphatic rings. The van der Waals surface area contributed by atoms with Crippen LogP contribution >= 0.6 is 0 Å². The van der Waals surface area contributed by atoms with E-state index in [9.17, 15) is 9.59 Å². The van der Waals surface area contributed by atoms with Gasteiger partial charge in [-0.1, -0.05) is 12.1 Å². The summed E-state index contributed by atoms with van der Waals surface area (Å²) in [7, 11) is 1.60. The van der Waals surface area contributed by atoms with Gasteiger partial charge in [-0.25, -0.2) is 0 Å². The molecule has 0 heterocycles. The number of nitrogens with one attached hydrogen (secondary N) is 2. The molecule has 1 rings (SSSR count). The van der Waals surface area contributed by atoms with Gasteiger partial charge in [0.05, 0.1) is 13.7 Å². The van der Waals surface area contributed by atoms with Crippen molar-refractivity contribution in [2.75, 3.05) is 26.8 Å². The average molecular weight is 266 g/mol. The highest BCUT2D eigenvalue weighted by atomic mass is 16.5. The summed E-state index contributed by atoms with van der Waals surface area (Å²) in [6.07, 6.45) is 0.628. The molecule has 0 aromatic heterocycles. The van der Waals surface area contributed by atoms with Gasteiger partial charge in [-0.15, -0.1) is 0 Å². The Bertz CT molecular complexity index is 417. The Labute approximate surface area is 111 Å². The van der Waals surface area contributed by atoms with E-state index < -0.39 is 11.8 Å². The molecule has 0 saturated carbocycles. The molecule has 0 saturated heterocycles. The van der Waals surface area contributed by atoms with E-state index in [0.29, 0.717) is 13.0 Å². The van der Waals surface area contributed by atoms with Crippen molar-refractivity contribution in [3.63, 3.8) is 0 Å². The van der Waals surface area contributed by atoms with Gasteiger partial charge in [-0.3, -0.25) is 9.59 Å². The number of amides is 2. The monoisotopic (exact) mass is 266 g/mol. The minimum atomic E-state index is -0.733. The Morgan fingerprint density at radius 2 is 1.68 bits per heavy atom. The van der Waals surface area contributed by atoms with Crippen LogP contribution in [-0.2, 0) is 16.0 Å². The Hall–Kier alpha value is -2.08. The van der Waals surface area contributed by atoms with E-state index in [4.69, 9.17) is 9.84 Å². The Kier molecular flexibility index (Phi) is 6.38. The zero-order valence-electron chi connectivity index (χ0n) is 10.8. The van der Waals surface area contributed by atoms with Crippen LogP contribution in [0.25, 0.3) is 0 Å². The molecule has 104 valence electrons. The maximum absolute atomic E-state index is 11.3. The summed E-state index contributed by atoms with van der Waals surface area (Å²) in [5, 5.41) is 13.3. The van der Waals surface area contributed by atoms with Crippen LogP contribution in [0.5, 0.6) is 5.75 Å². The second kappa shape index (κ2) is 8.10. The van der Waals surface area contributed by atoms with Crippen molar-refractivity contribution in [3.05, 3.63) is 29.8 Å². The van der Waals surface area contributed by atoms with Gasteiger partial charge in [0.15, 0.2) is 0 Å². The van der Waals surface area contributed by atoms with Gasteiger partial charge in [0, 0.05) is 13.1 Å². The summed E-state index contributed by atoms with van der Waals surface area (Å²) in [5.74, 6) is -0.651. The number of carbonyl (C=O) groups is 2. The molecular weight excluding hydrogens is 248 g/mol. The predicted octanol–water partition coefficient (Wildman–Crippen LogP) is -0.538. The van der Waals surface area contributed by atoms with Crippen LogP contribution in [0.15, 0.2) is 24.3 Å². The maximum Gasteiger partial charge on any atom is 0.309 e. The predicted molar refractivity (Wildman–Crippen MR) is 69.8 cm³/mol. The molecule has 1 aromatic rings. The Morgan fingerprint density at radius 1 is 1.11 bits per heavy atom. The molecule has 6 heteroatoms. The zero-order valence-corrected chi connectivity index (χ0v) is 10.8. The van der Waals surface area contributed by atoms with Crippen molar-refractivity contribution in [1.29, 1.82) is 0 Å². The summed E-state index contributed by atoms with van der Waals surface area (Å²) in [6, 6.07) is 7.48. The lowest BCUT2D eigenvalue weighted by atomic mass is 10.1. The van der Waals surface area contributed by atoms with Crippen molar-refractivity contribution in [3.8, 4) is 5.75 Å². The van der Waals surface area contributed by atoms with E-state index in [1.807, 2.05) is 24.3 Å². The number of methoxy groups -OCH3 is 1. The SMILES string of the molecule is COc1ccc(CCNC(=O)C(=O)NCCO)cc1. The van der Waals surface area contributed by atoms with E-state index in [-0.39, 0.29) is 13.2 Å². The first-order chi connectivity index (χ1) is 9.17. The second-order valence-corrected chi connectivity index (χ2v) is 3.83. The number of carbonyl (C=O) groups excluding carboxylic acids is 2. The second-order valence-electron chi connectivity index (χ2n) is 3.83. The molecule has 0 aliphatic heterocycles. The third-order valence-corrected chi connectivity index (χ3v) is 2.46. The van der Waals surface area contributed by atoms with Crippen LogP contribution in [0, 0.1) is 0 Å². The number of ether oxygens (including phenoxy) is 1. The van der Waals surface area contributed by atoms with Gasteiger partial charge in [0.2, 0.25) is 0 Å². The first kappa shape index (κ1) is 15.0. The molecule has 6 nitrogen and oxygen atoms in total. The van der Waals surface area contributed by atoms with Crippen LogP contribution in [0.2, 0.25) is 0 Å². The van der Waals surface area contributed by atoms with E-state index in [1.165, 1.54) is 0 Å². The van der Waals surface area contributed by atoms with Gasteiger partial charge in [0.1, 0.15) is 5.75 Å². The van der Waals surface area contributed by atoms with Gasteiger partial charge >= 0.3 is 11.8 Å². The molecule has 0 aliphatic carbocycles. The van der Waals surface area contributed by atoms with E-state index in [0.717, 1.165) is 11.3 Å². The summed E-state index contributed by atoms with van der Waals surface area (Å²) in [4.78, 5) is 22.5. The lowest BCUT2D eigenvalue weighted by Crippen LogP contribution is -2.41. The van der Waals surface area contributed by atoms with Crippen LogP contribution in [-0.4, -0.2) is 43.7 Å². The molecule has 0 unspecified atom stereocenters. The van der Waals surface area contributed by atoms with Crippen LogP contribution in [0.4, 0.5) is 0 Å². The molecular formula is C13H18N2O4. The first-order valence-electron chi connectivity index (χ1n) is 5.97. The topological polar surface area (TPSA) is 87.7 Å². The molecule has 0 spiro atoms. The highest BCUT2D eigenvalue weighted by molar-refractivity contribution is 6.35. The number of aliphatic hydroxyl groups excluding tert-OH is 1. The third kappa shape index (κ3) is 5.39. The van der Waals surface area contributed by atoms with Gasteiger partial charge in [0.25, 0.3) is 0 Å². The highest BCUT2D eigenvalue weighted by Gasteiger charge is 2.11. The van der Waals surface area contributed by atoms with Crippen molar-refractivity contribution >= 4 is 11.8 Å². The fourth-order valence-corrected chi connectivity index (χ4v) is 1.44. The quantitative estimate of drug-likeness (QED) is 0.604. The fourth-order valence-electron chi connectivity index (χ4n) is 1.44. The summed E-state index contributed by atoms with van der Waals surface area (Å²) >= 11 is 0. The minimum absolute atomic E-state index is 0.0741. The molecule has 1 aromatic carbocycles. The van der Waals surface area contributed by atoms with Crippen molar-refractivity contribution in [1.82, 2.24) is 10.6 Å². The molecule has 0 radical (unpaired) electrons. The molecule has 0 fully saturated rings. The Balaban J connectivity index is 2.29. The maximum atomic E-state index is 11.3. The van der Waals surface area contributed by atoms with Gasteiger partial charge in [-0.2, -0.15) is 0 Å². The van der Waals surface area contributed by atoms with Crippen LogP contribution in [0.1, 0.15) is 5.56 Å². The highest BCUT2D eigenvalue weighted by Crippen LogP contribution is 2.11. The van der Waals surface area contributed by atoms with E-state index in [2.05, 4.69) is 10.6 Å². The van der Waals surface area contributed by atoms with E-state index in [1.54, 1.807) is 7.11 Å². The number of aliphatic hydroxyl groups is 1. The average Bonchev–Trinajstić information content (AvgIpc) is 2.45. The number of hydrogen-bond donors (Lipinski definition) is 3. The molecule has 0 atom stereocenters. The third-order valence-electron chi connectivity index (χ3n) is 2.46. The molecule has 0 bridgehead atoms. The lowest BCUT2D eigenvalue weighted by Gasteiger charge is -2.06. The standard InChI is InChI=1S/C13H18N2O4/c1-19-11-4-2-10(3-5-11)6-7-14-12(17)13(18)15-8-9-16/h2-5,16H,6-9H2,1H3,(H,14,17)(H,15,18). The molecule has 2 amide bonds. The van der Waals surface area contributed by atoms with Gasteiger partial charge < -0.3 is 20.5 Å². The van der Waals surface area contributed by atoms with Gasteiger partial charge in [-0.05, 0) is 24.1 Å². The first-order valence-corrected chi connectivity index (χ1v) is 5.97. The summed E-state index contributed by atoms with van der Waals surface area (Å²) in [6.45, 7) is 0.257. The normalized spacial score (nSPS) is 9.79. The molecule has 3 N–H and O–H groups in total. The smallest absolute Gasteiger partial charge is 0.309 e. The zero-order chi connectivity index (χ0) is 14.1. The Morgan fingerprint density at radius 3 is 2.21 bits per heavy atom. The van der Waals surface area contributed by atoms with Crippen molar-refractivity contribution < 1.29 is 19.4 Å². The summed E-state index contributed by atoms with van der Waals surface area (Å²) < 4.78 is 5.04. The van der Waals surface area contributed by atoms with Crippen molar-refractivity contribution in [2.45, 2.75) is 6.42 Å². The fraction of sp³-hybridized carbons (Fsp3) is 0.385. The van der Waals surface area contributed by atoms with Crippen LogP contribution in [0.3, 0.4) is 0 Å². The number of benzene rings is 1. The number of rotatable bonds is 6. The molecule has 19 heavy (non-hydrogen) atoms. The summed E-state index contributed by atoms with van der Waals surface area (Å²) in [5.41, 5.74) is 1.04. The van der Waals surface area contributed by atoms with Crippen molar-refractivity contribution in [2.24, 2.45) is 0 Å². The van der Waals surface area contributed by atoms with E-state index >= 15 is 0 Å². The minimum Gasteiger partial charge on any atom is -0.497 e.